The third-order valence-electron chi connectivity index (χ3n) is 5.04. The quantitative estimate of drug-likeness (QED) is 0.723. The molecule has 3 rings (SSSR count). The number of sulfonamides is 1. The van der Waals surface area contributed by atoms with Crippen LogP contribution in [0.4, 0.5) is 5.69 Å². The Morgan fingerprint density at radius 3 is 2.55 bits per heavy atom. The summed E-state index contributed by atoms with van der Waals surface area (Å²) in [7, 11) is -3.61. The molecule has 0 aliphatic carbocycles. The molecule has 9 heteroatoms. The standard InChI is InChI=1S/C20H25N3O4S2/c1-4-22(5-2)29(26,27)17-8-9-18-15(11-17)12-19(23(18)14(3)24)20(25)21-13-16-7-6-10-28-16/h6-11,19H,4-5,12-13H2,1-3H3,(H,21,25)/t19-/m0/s1. The van der Waals surface area contributed by atoms with Crippen molar-refractivity contribution in [1.29, 1.82) is 0 Å². The number of amides is 2. The molecule has 7 nitrogen and oxygen atoms in total. The summed E-state index contributed by atoms with van der Waals surface area (Å²) >= 11 is 1.55. The van der Waals surface area contributed by atoms with Gasteiger partial charge >= 0.3 is 0 Å². The first-order valence-electron chi connectivity index (χ1n) is 9.52. The van der Waals surface area contributed by atoms with E-state index in [1.54, 1.807) is 37.3 Å². The van der Waals surface area contributed by atoms with Gasteiger partial charge in [-0.3, -0.25) is 14.5 Å². The van der Waals surface area contributed by atoms with Crippen LogP contribution in [0.2, 0.25) is 0 Å². The van der Waals surface area contributed by atoms with E-state index in [0.29, 0.717) is 30.9 Å². The highest BCUT2D eigenvalue weighted by molar-refractivity contribution is 7.89. The lowest BCUT2D eigenvalue weighted by atomic mass is 10.1. The second-order valence-electron chi connectivity index (χ2n) is 6.79. The summed E-state index contributed by atoms with van der Waals surface area (Å²) in [5, 5.41) is 4.82. The number of hydrogen-bond acceptors (Lipinski definition) is 5. The molecule has 1 aromatic carbocycles. The van der Waals surface area contributed by atoms with Crippen LogP contribution in [-0.4, -0.2) is 43.7 Å². The van der Waals surface area contributed by atoms with Crippen LogP contribution < -0.4 is 10.2 Å². The lowest BCUT2D eigenvalue weighted by Gasteiger charge is -2.23. The Morgan fingerprint density at radius 2 is 1.97 bits per heavy atom. The fourth-order valence-electron chi connectivity index (χ4n) is 3.61. The molecule has 2 heterocycles. The van der Waals surface area contributed by atoms with Crippen LogP contribution in [0.5, 0.6) is 0 Å². The molecule has 0 bridgehead atoms. The van der Waals surface area contributed by atoms with Gasteiger partial charge in [0.05, 0.1) is 11.4 Å². The van der Waals surface area contributed by atoms with E-state index in [0.717, 1.165) is 4.88 Å². The number of thiophene rings is 1. The van der Waals surface area contributed by atoms with Gasteiger partial charge in [-0.25, -0.2) is 8.42 Å². The maximum Gasteiger partial charge on any atom is 0.243 e. The molecular formula is C20H25N3O4S2. The monoisotopic (exact) mass is 435 g/mol. The summed E-state index contributed by atoms with van der Waals surface area (Å²) < 4.78 is 27.0. The van der Waals surface area contributed by atoms with E-state index in [1.807, 2.05) is 17.5 Å². The van der Waals surface area contributed by atoms with Crippen molar-refractivity contribution in [1.82, 2.24) is 9.62 Å². The van der Waals surface area contributed by atoms with Gasteiger partial charge in [-0.15, -0.1) is 11.3 Å². The predicted molar refractivity (Wildman–Crippen MR) is 113 cm³/mol. The van der Waals surface area contributed by atoms with E-state index in [-0.39, 0.29) is 23.1 Å². The molecule has 1 N–H and O–H groups in total. The minimum atomic E-state index is -3.61. The van der Waals surface area contributed by atoms with E-state index in [2.05, 4.69) is 5.32 Å². The first-order chi connectivity index (χ1) is 13.8. The van der Waals surface area contributed by atoms with E-state index < -0.39 is 16.1 Å². The van der Waals surface area contributed by atoms with E-state index in [4.69, 9.17) is 0 Å². The number of hydrogen-bond donors (Lipinski definition) is 1. The van der Waals surface area contributed by atoms with Crippen molar-refractivity contribution in [2.75, 3.05) is 18.0 Å². The number of benzene rings is 1. The SMILES string of the molecule is CCN(CC)S(=O)(=O)c1ccc2c(c1)C[C@@H](C(=O)NCc1cccs1)N2C(C)=O. The second kappa shape index (κ2) is 8.64. The molecule has 1 aromatic heterocycles. The van der Waals surface area contributed by atoms with Crippen LogP contribution in [0.1, 0.15) is 31.2 Å². The summed E-state index contributed by atoms with van der Waals surface area (Å²) in [6.45, 7) is 6.15. The number of fused-ring (bicyclic) bond motifs is 1. The Labute approximate surface area is 175 Å². The summed E-state index contributed by atoms with van der Waals surface area (Å²) in [6.07, 6.45) is 0.285. The summed E-state index contributed by atoms with van der Waals surface area (Å²) in [5.74, 6) is -0.502. The molecule has 2 aromatic rings. The first kappa shape index (κ1) is 21.5. The number of carbonyl (C=O) groups is 2. The van der Waals surface area contributed by atoms with Gasteiger partial charge in [0.1, 0.15) is 6.04 Å². The van der Waals surface area contributed by atoms with Crippen molar-refractivity contribution in [3.8, 4) is 0 Å². The van der Waals surface area contributed by atoms with Gasteiger partial charge in [-0.05, 0) is 35.2 Å². The molecular weight excluding hydrogens is 410 g/mol. The third kappa shape index (κ3) is 4.22. The van der Waals surface area contributed by atoms with Gasteiger partial charge < -0.3 is 5.32 Å². The maximum atomic E-state index is 12.8. The molecule has 0 radical (unpaired) electrons. The number of anilines is 1. The molecule has 0 saturated heterocycles. The van der Waals surface area contributed by atoms with Gasteiger partial charge in [-0.2, -0.15) is 4.31 Å². The minimum absolute atomic E-state index is 0.183. The molecule has 156 valence electrons. The van der Waals surface area contributed by atoms with Gasteiger partial charge in [0, 0.05) is 37.0 Å². The Hall–Kier alpha value is -2.23. The Balaban J connectivity index is 1.86. The van der Waals surface area contributed by atoms with Gasteiger partial charge in [0.15, 0.2) is 0 Å². The molecule has 0 saturated carbocycles. The van der Waals surface area contributed by atoms with Crippen LogP contribution in [0.25, 0.3) is 0 Å². The molecule has 2 amide bonds. The average molecular weight is 436 g/mol. The zero-order chi connectivity index (χ0) is 21.2. The zero-order valence-corrected chi connectivity index (χ0v) is 18.3. The topological polar surface area (TPSA) is 86.8 Å². The Kier molecular flexibility index (Phi) is 6.40. The van der Waals surface area contributed by atoms with E-state index >= 15 is 0 Å². The van der Waals surface area contributed by atoms with Crippen LogP contribution >= 0.6 is 11.3 Å². The van der Waals surface area contributed by atoms with Crippen LogP contribution in [0.15, 0.2) is 40.6 Å². The fraction of sp³-hybridized carbons (Fsp3) is 0.400. The lowest BCUT2D eigenvalue weighted by Crippen LogP contribution is -2.47. The molecule has 0 spiro atoms. The maximum absolute atomic E-state index is 12.8. The van der Waals surface area contributed by atoms with Gasteiger partial charge in [0.2, 0.25) is 21.8 Å². The van der Waals surface area contributed by atoms with E-state index in [1.165, 1.54) is 22.2 Å². The van der Waals surface area contributed by atoms with Crippen molar-refractivity contribution in [3.63, 3.8) is 0 Å². The number of carbonyl (C=O) groups excluding carboxylic acids is 2. The lowest BCUT2D eigenvalue weighted by molar-refractivity contribution is -0.125. The van der Waals surface area contributed by atoms with Crippen LogP contribution in [0.3, 0.4) is 0 Å². The highest BCUT2D eigenvalue weighted by atomic mass is 32.2. The van der Waals surface area contributed by atoms with Crippen LogP contribution in [-0.2, 0) is 32.6 Å². The van der Waals surface area contributed by atoms with Crippen LogP contribution in [0, 0.1) is 0 Å². The highest BCUT2D eigenvalue weighted by Crippen LogP contribution is 2.35. The first-order valence-corrected chi connectivity index (χ1v) is 11.8. The second-order valence-corrected chi connectivity index (χ2v) is 9.76. The largest absolute Gasteiger partial charge is 0.349 e. The van der Waals surface area contributed by atoms with Gasteiger partial charge in [-0.1, -0.05) is 19.9 Å². The molecule has 1 atom stereocenters. The summed E-state index contributed by atoms with van der Waals surface area (Å²) in [4.78, 5) is 27.7. The third-order valence-corrected chi connectivity index (χ3v) is 7.96. The molecule has 29 heavy (non-hydrogen) atoms. The highest BCUT2D eigenvalue weighted by Gasteiger charge is 2.37. The fourth-order valence-corrected chi connectivity index (χ4v) is 5.76. The van der Waals surface area contributed by atoms with Crippen molar-refractivity contribution in [3.05, 3.63) is 46.2 Å². The number of rotatable bonds is 7. The minimum Gasteiger partial charge on any atom is -0.349 e. The van der Waals surface area contributed by atoms with E-state index in [9.17, 15) is 18.0 Å². The zero-order valence-electron chi connectivity index (χ0n) is 16.7. The molecule has 1 aliphatic rings. The predicted octanol–water partition coefficient (Wildman–Crippen LogP) is 2.37. The summed E-state index contributed by atoms with van der Waals surface area (Å²) in [6, 6.07) is 7.88. The number of nitrogens with zero attached hydrogens (tertiary/aromatic N) is 2. The average Bonchev–Trinajstić information content (AvgIpc) is 3.33. The summed E-state index contributed by atoms with van der Waals surface area (Å²) in [5.41, 5.74) is 1.27. The van der Waals surface area contributed by atoms with Crippen molar-refractivity contribution < 1.29 is 18.0 Å². The Morgan fingerprint density at radius 1 is 1.24 bits per heavy atom. The van der Waals surface area contributed by atoms with Crippen molar-refractivity contribution >= 4 is 38.9 Å². The molecule has 0 unspecified atom stereocenters. The smallest absolute Gasteiger partial charge is 0.243 e. The molecule has 1 aliphatic heterocycles. The van der Waals surface area contributed by atoms with Crippen molar-refractivity contribution in [2.45, 2.75) is 44.7 Å². The van der Waals surface area contributed by atoms with Crippen molar-refractivity contribution in [2.24, 2.45) is 0 Å². The number of nitrogens with one attached hydrogen (secondary N) is 1. The molecule has 0 fully saturated rings. The Bertz CT molecular complexity index is 999. The van der Waals surface area contributed by atoms with Gasteiger partial charge in [0.25, 0.3) is 0 Å². The normalized spacial score (nSPS) is 16.1.